The molecule has 4 rings (SSSR count). The average Bonchev–Trinajstić information content (AvgIpc) is 3.10. The van der Waals surface area contributed by atoms with Crippen LogP contribution >= 0.6 is 0 Å². The van der Waals surface area contributed by atoms with E-state index in [1.807, 2.05) is 0 Å². The minimum atomic E-state index is -4.42. The van der Waals surface area contributed by atoms with Crippen LogP contribution < -0.4 is 0 Å². The van der Waals surface area contributed by atoms with Crippen molar-refractivity contribution in [3.8, 4) is 0 Å². The van der Waals surface area contributed by atoms with Crippen molar-refractivity contribution in [3.05, 3.63) is 48.3 Å². The van der Waals surface area contributed by atoms with Gasteiger partial charge in [0.05, 0.1) is 5.69 Å². The summed E-state index contributed by atoms with van der Waals surface area (Å²) in [5.74, 6) is -0.635. The van der Waals surface area contributed by atoms with Gasteiger partial charge in [-0.2, -0.15) is 18.3 Å². The Morgan fingerprint density at radius 3 is 2.87 bits per heavy atom. The van der Waals surface area contributed by atoms with Gasteiger partial charge in [-0.15, -0.1) is 0 Å². The second-order valence-corrected chi connectivity index (χ2v) is 8.90. The number of H-pyrrole nitrogens is 1. The van der Waals surface area contributed by atoms with Gasteiger partial charge in [0.25, 0.3) is 0 Å². The van der Waals surface area contributed by atoms with Gasteiger partial charge in [0.15, 0.2) is 5.65 Å². The molecule has 0 aliphatic carbocycles. The molecular weight excluding hydrogens is 391 g/mol. The van der Waals surface area contributed by atoms with Gasteiger partial charge in [0, 0.05) is 30.1 Å². The molecule has 160 valence electrons. The number of aliphatic imine (C=N–C) groups is 1. The number of dihydropyridines is 1. The first-order valence-corrected chi connectivity index (χ1v) is 10.2. The number of aromatic nitrogens is 3. The summed E-state index contributed by atoms with van der Waals surface area (Å²) >= 11 is 0. The van der Waals surface area contributed by atoms with Crippen molar-refractivity contribution in [2.24, 2.45) is 22.2 Å². The number of fused-ring (bicyclic) bond motifs is 1. The van der Waals surface area contributed by atoms with Gasteiger partial charge >= 0.3 is 6.18 Å². The lowest BCUT2D eigenvalue weighted by molar-refractivity contribution is -0.166. The second-order valence-electron chi connectivity index (χ2n) is 8.90. The fourth-order valence-corrected chi connectivity index (χ4v) is 4.62. The quantitative estimate of drug-likeness (QED) is 0.710. The molecule has 3 unspecified atom stereocenters. The third-order valence-electron chi connectivity index (χ3n) is 5.68. The van der Waals surface area contributed by atoms with Gasteiger partial charge in [-0.25, -0.2) is 4.98 Å². The number of amidine groups is 1. The molecule has 5 nitrogen and oxygen atoms in total. The number of nitrogens with zero attached hydrogens (tertiary/aromatic N) is 4. The molecule has 30 heavy (non-hydrogen) atoms. The van der Waals surface area contributed by atoms with E-state index in [0.29, 0.717) is 29.3 Å². The predicted octanol–water partition coefficient (Wildman–Crippen LogP) is 5.07. The van der Waals surface area contributed by atoms with Crippen molar-refractivity contribution >= 4 is 16.9 Å². The topological polar surface area (TPSA) is 57.2 Å². The van der Waals surface area contributed by atoms with E-state index in [2.05, 4.69) is 58.0 Å². The molecule has 0 spiro atoms. The van der Waals surface area contributed by atoms with Crippen molar-refractivity contribution in [1.82, 2.24) is 20.1 Å². The van der Waals surface area contributed by atoms with Crippen LogP contribution in [0.5, 0.6) is 0 Å². The van der Waals surface area contributed by atoms with Crippen LogP contribution in [0.1, 0.15) is 38.9 Å². The first kappa shape index (κ1) is 20.6. The lowest BCUT2D eigenvalue weighted by atomic mass is 9.79. The van der Waals surface area contributed by atoms with E-state index in [0.717, 1.165) is 13.0 Å². The number of pyridine rings is 1. The molecule has 0 saturated heterocycles. The summed E-state index contributed by atoms with van der Waals surface area (Å²) in [6.07, 6.45) is 5.20. The Balaban J connectivity index is 1.70. The maximum absolute atomic E-state index is 13.8. The molecule has 1 N–H and O–H groups in total. The number of hydrogen-bond donors (Lipinski definition) is 1. The number of hydrogen-bond acceptors (Lipinski definition) is 4. The highest BCUT2D eigenvalue weighted by Gasteiger charge is 2.47. The summed E-state index contributed by atoms with van der Waals surface area (Å²) in [5, 5.41) is 7.48. The second kappa shape index (κ2) is 7.56. The molecule has 0 aromatic carbocycles. The Hall–Kier alpha value is -2.64. The van der Waals surface area contributed by atoms with Crippen LogP contribution in [0, 0.1) is 17.3 Å². The molecule has 0 fully saturated rings. The van der Waals surface area contributed by atoms with E-state index in [1.165, 1.54) is 12.2 Å². The molecule has 0 bridgehead atoms. The summed E-state index contributed by atoms with van der Waals surface area (Å²) in [6.45, 7) is 7.89. The minimum Gasteiger partial charge on any atom is -0.352 e. The number of alkyl halides is 3. The van der Waals surface area contributed by atoms with Crippen molar-refractivity contribution in [2.75, 3.05) is 13.1 Å². The molecule has 2 aliphatic rings. The van der Waals surface area contributed by atoms with Gasteiger partial charge < -0.3 is 4.90 Å². The van der Waals surface area contributed by atoms with E-state index >= 15 is 0 Å². The third-order valence-corrected chi connectivity index (χ3v) is 5.68. The summed E-state index contributed by atoms with van der Waals surface area (Å²) < 4.78 is 41.5. The highest BCUT2D eigenvalue weighted by atomic mass is 19.4. The molecule has 2 aromatic rings. The fourth-order valence-electron chi connectivity index (χ4n) is 4.62. The van der Waals surface area contributed by atoms with Crippen LogP contribution in [0.15, 0.2) is 47.6 Å². The summed E-state index contributed by atoms with van der Waals surface area (Å²) in [6, 6.07) is 2.27. The largest absolute Gasteiger partial charge is 0.397 e. The Bertz CT molecular complexity index is 1000. The fraction of sp³-hybridized carbons (Fsp3) is 0.500. The van der Waals surface area contributed by atoms with Crippen molar-refractivity contribution in [3.63, 3.8) is 0 Å². The number of rotatable bonds is 3. The molecular formula is C22H26F3N5. The molecule has 2 aliphatic heterocycles. The molecule has 2 aromatic heterocycles. The van der Waals surface area contributed by atoms with Crippen molar-refractivity contribution < 1.29 is 13.2 Å². The van der Waals surface area contributed by atoms with Crippen LogP contribution in [0.2, 0.25) is 0 Å². The van der Waals surface area contributed by atoms with Gasteiger partial charge in [0.1, 0.15) is 17.8 Å². The smallest absolute Gasteiger partial charge is 0.352 e. The molecule has 0 amide bonds. The summed E-state index contributed by atoms with van der Waals surface area (Å²) in [7, 11) is 0. The van der Waals surface area contributed by atoms with Crippen molar-refractivity contribution in [2.45, 2.75) is 39.4 Å². The van der Waals surface area contributed by atoms with E-state index in [9.17, 15) is 13.2 Å². The normalized spacial score (nSPS) is 27.2. The highest BCUT2D eigenvalue weighted by Crippen LogP contribution is 2.43. The zero-order chi connectivity index (χ0) is 21.5. The predicted molar refractivity (Wildman–Crippen MR) is 111 cm³/mol. The van der Waals surface area contributed by atoms with Crippen LogP contribution in [0.4, 0.5) is 13.2 Å². The van der Waals surface area contributed by atoms with Crippen LogP contribution in [-0.4, -0.2) is 45.2 Å². The van der Waals surface area contributed by atoms with Gasteiger partial charge in [-0.1, -0.05) is 39.0 Å². The van der Waals surface area contributed by atoms with Gasteiger partial charge in [-0.3, -0.25) is 10.1 Å². The Labute approximate surface area is 173 Å². The van der Waals surface area contributed by atoms with E-state index in [4.69, 9.17) is 0 Å². The Morgan fingerprint density at radius 1 is 1.33 bits per heavy atom. The molecule has 8 heteroatoms. The Kier molecular flexibility index (Phi) is 5.20. The molecule has 3 atom stereocenters. The summed E-state index contributed by atoms with van der Waals surface area (Å²) in [5.41, 5.74) is 0.701. The van der Waals surface area contributed by atoms with Gasteiger partial charge in [-0.05, 0) is 30.5 Å². The lowest BCUT2D eigenvalue weighted by Gasteiger charge is -2.40. The van der Waals surface area contributed by atoms with Crippen molar-refractivity contribution in [1.29, 1.82) is 0 Å². The maximum Gasteiger partial charge on any atom is 0.397 e. The standard InChI is InChI=1S/C22H26F3N5/c1-14(2)12-21(3)9-5-11-30(13-21)17-8-7-16(22(23,24)25)19(27-17)18-15-6-4-10-26-20(15)29-28-18/h4-10,14,16,19H,11-13H2,1-3H3,(H,26,28,29). The SMILES string of the molecule is CC(C)CC1(C)C=CCN(C2=NC(c3n[nH]c4ncccc34)C(C(F)(F)F)C=C2)C1. The molecule has 4 heterocycles. The average molecular weight is 417 g/mol. The van der Waals surface area contributed by atoms with Crippen LogP contribution in [-0.2, 0) is 0 Å². The zero-order valence-corrected chi connectivity index (χ0v) is 17.3. The number of aromatic amines is 1. The maximum atomic E-state index is 13.8. The lowest BCUT2D eigenvalue weighted by Crippen LogP contribution is -2.43. The zero-order valence-electron chi connectivity index (χ0n) is 17.3. The van der Waals surface area contributed by atoms with Crippen LogP contribution in [0.3, 0.4) is 0 Å². The third kappa shape index (κ3) is 4.00. The molecule has 0 saturated carbocycles. The van der Waals surface area contributed by atoms with E-state index in [1.54, 1.807) is 18.3 Å². The van der Waals surface area contributed by atoms with Crippen LogP contribution in [0.25, 0.3) is 11.0 Å². The summed E-state index contributed by atoms with van der Waals surface area (Å²) in [4.78, 5) is 10.8. The first-order valence-electron chi connectivity index (χ1n) is 10.2. The molecule has 0 radical (unpaired) electrons. The van der Waals surface area contributed by atoms with E-state index in [-0.39, 0.29) is 11.1 Å². The first-order chi connectivity index (χ1) is 14.2. The highest BCUT2D eigenvalue weighted by molar-refractivity contribution is 5.94. The Morgan fingerprint density at radius 2 is 2.13 bits per heavy atom. The minimum absolute atomic E-state index is 0.0396. The number of nitrogens with one attached hydrogen (secondary N) is 1. The van der Waals surface area contributed by atoms with E-state index < -0.39 is 18.1 Å². The number of halogens is 3. The van der Waals surface area contributed by atoms with Gasteiger partial charge in [0.2, 0.25) is 0 Å². The monoisotopic (exact) mass is 417 g/mol.